The van der Waals surface area contributed by atoms with Crippen LogP contribution in [0.4, 0.5) is 0 Å². The quantitative estimate of drug-likeness (QED) is 0.182. The molecule has 0 atom stereocenters. The Bertz CT molecular complexity index is 2810. The average molecular weight is 673 g/mol. The molecule has 7 aromatic carbocycles. The van der Waals surface area contributed by atoms with Crippen LogP contribution in [-0.4, -0.2) is 9.97 Å². The summed E-state index contributed by atoms with van der Waals surface area (Å²) in [5, 5.41) is 3.78. The fourth-order valence-electron chi connectivity index (χ4n) is 7.16. The van der Waals surface area contributed by atoms with E-state index >= 15 is 0 Å². The third-order valence-corrected chi connectivity index (χ3v) is 12.0. The van der Waals surface area contributed by atoms with E-state index < -0.39 is 0 Å². The van der Waals surface area contributed by atoms with E-state index in [-0.39, 0.29) is 0 Å². The van der Waals surface area contributed by atoms with Crippen LogP contribution in [0, 0.1) is 0 Å². The Morgan fingerprint density at radius 3 is 1.70 bits per heavy atom. The molecular weight excluding hydrogens is 645 g/mol. The van der Waals surface area contributed by atoms with Crippen LogP contribution < -0.4 is 0 Å². The SMILES string of the molecule is c1ccc(-c2cc(-c3ccccc3)cc(-c3ccc4sc5c(-c6cccc(-c7cccc8c7sc7ccccc78)c6)ncnc5c4c3)c2)cc1. The normalized spacial score (nSPS) is 11.6. The molecule has 4 heteroatoms. The van der Waals surface area contributed by atoms with Crippen molar-refractivity contribution in [2.75, 3.05) is 0 Å². The summed E-state index contributed by atoms with van der Waals surface area (Å²) in [5.74, 6) is 0. The maximum absolute atomic E-state index is 4.88. The molecule has 0 radical (unpaired) electrons. The first-order valence-corrected chi connectivity index (χ1v) is 18.3. The van der Waals surface area contributed by atoms with Gasteiger partial charge in [-0.3, -0.25) is 0 Å². The summed E-state index contributed by atoms with van der Waals surface area (Å²) in [6.45, 7) is 0. The number of thiophene rings is 2. The Hall–Kier alpha value is -5.94. The molecule has 0 aliphatic heterocycles. The Morgan fingerprint density at radius 1 is 0.340 bits per heavy atom. The highest BCUT2D eigenvalue weighted by molar-refractivity contribution is 7.26. The molecule has 0 saturated carbocycles. The molecule has 10 aromatic rings. The van der Waals surface area contributed by atoms with Crippen molar-refractivity contribution in [2.45, 2.75) is 0 Å². The zero-order valence-corrected chi connectivity index (χ0v) is 28.5. The van der Waals surface area contributed by atoms with E-state index in [9.17, 15) is 0 Å². The van der Waals surface area contributed by atoms with Crippen LogP contribution in [0.5, 0.6) is 0 Å². The third-order valence-electron chi connectivity index (χ3n) is 9.58. The van der Waals surface area contributed by atoms with E-state index in [1.54, 1.807) is 17.7 Å². The van der Waals surface area contributed by atoms with Gasteiger partial charge in [-0.15, -0.1) is 22.7 Å². The van der Waals surface area contributed by atoms with Crippen LogP contribution in [-0.2, 0) is 0 Å². The molecule has 0 bridgehead atoms. The molecule has 234 valence electrons. The van der Waals surface area contributed by atoms with Gasteiger partial charge in [0, 0.05) is 35.8 Å². The standard InChI is InChI=1S/C46H28N2S2/c1-3-11-29(12-4-1)34-24-35(30-13-5-2-6-14-30)26-36(25-34)31-21-22-42-40(27-31)44-46(50-42)43(47-28-48-44)33-16-9-15-32(23-33)37-18-10-19-39-38-17-7-8-20-41(38)49-45(37)39/h1-28H. The van der Waals surface area contributed by atoms with Crippen molar-refractivity contribution in [1.82, 2.24) is 9.97 Å². The summed E-state index contributed by atoms with van der Waals surface area (Å²) in [4.78, 5) is 9.74. The molecule has 3 aromatic heterocycles. The summed E-state index contributed by atoms with van der Waals surface area (Å²) in [7, 11) is 0. The van der Waals surface area contributed by atoms with Crippen molar-refractivity contribution in [3.8, 4) is 55.8 Å². The summed E-state index contributed by atoms with van der Waals surface area (Å²) in [6, 6.07) is 59.1. The van der Waals surface area contributed by atoms with E-state index in [1.807, 2.05) is 11.3 Å². The maximum Gasteiger partial charge on any atom is 0.116 e. The van der Waals surface area contributed by atoms with Gasteiger partial charge in [-0.1, -0.05) is 121 Å². The van der Waals surface area contributed by atoms with Crippen molar-refractivity contribution >= 4 is 63.1 Å². The molecule has 3 heterocycles. The lowest BCUT2D eigenvalue weighted by Crippen LogP contribution is -1.88. The van der Waals surface area contributed by atoms with Crippen molar-refractivity contribution in [3.63, 3.8) is 0 Å². The average Bonchev–Trinajstić information content (AvgIpc) is 3.77. The van der Waals surface area contributed by atoms with Crippen LogP contribution in [0.25, 0.3) is 96.2 Å². The number of fused-ring (bicyclic) bond motifs is 6. The van der Waals surface area contributed by atoms with Gasteiger partial charge in [0.2, 0.25) is 0 Å². The van der Waals surface area contributed by atoms with Gasteiger partial charge in [-0.2, -0.15) is 0 Å². The molecule has 50 heavy (non-hydrogen) atoms. The minimum absolute atomic E-state index is 0.973. The topological polar surface area (TPSA) is 25.8 Å². The van der Waals surface area contributed by atoms with Gasteiger partial charge in [0.25, 0.3) is 0 Å². The second-order valence-electron chi connectivity index (χ2n) is 12.6. The smallest absolute Gasteiger partial charge is 0.116 e. The second-order valence-corrected chi connectivity index (χ2v) is 14.7. The van der Waals surface area contributed by atoms with Crippen LogP contribution in [0.3, 0.4) is 0 Å². The zero-order chi connectivity index (χ0) is 33.0. The molecule has 0 saturated heterocycles. The van der Waals surface area contributed by atoms with Gasteiger partial charge in [-0.25, -0.2) is 9.97 Å². The largest absolute Gasteiger partial charge is 0.235 e. The van der Waals surface area contributed by atoms with E-state index in [0.717, 1.165) is 26.9 Å². The lowest BCUT2D eigenvalue weighted by atomic mass is 9.93. The van der Waals surface area contributed by atoms with Gasteiger partial charge in [0.05, 0.1) is 15.9 Å². The van der Waals surface area contributed by atoms with Gasteiger partial charge in [0.1, 0.15) is 6.33 Å². The van der Waals surface area contributed by atoms with Crippen molar-refractivity contribution in [1.29, 1.82) is 0 Å². The molecule has 0 fully saturated rings. The highest BCUT2D eigenvalue weighted by Gasteiger charge is 2.16. The van der Waals surface area contributed by atoms with Gasteiger partial charge < -0.3 is 0 Å². The molecule has 0 N–H and O–H groups in total. The molecular formula is C46H28N2S2. The molecule has 0 aliphatic rings. The summed E-state index contributed by atoms with van der Waals surface area (Å²) >= 11 is 3.64. The number of hydrogen-bond acceptors (Lipinski definition) is 4. The number of benzene rings is 7. The first-order valence-electron chi connectivity index (χ1n) is 16.7. The van der Waals surface area contributed by atoms with Gasteiger partial charge in [0.15, 0.2) is 0 Å². The van der Waals surface area contributed by atoms with Crippen LogP contribution in [0.2, 0.25) is 0 Å². The lowest BCUT2D eigenvalue weighted by Gasteiger charge is -2.11. The Balaban J connectivity index is 1.09. The Labute approximate surface area is 297 Å². The second kappa shape index (κ2) is 11.9. The van der Waals surface area contributed by atoms with Crippen molar-refractivity contribution < 1.29 is 0 Å². The summed E-state index contributed by atoms with van der Waals surface area (Å²) < 4.78 is 4.95. The Morgan fingerprint density at radius 2 is 0.920 bits per heavy atom. The fourth-order valence-corrected chi connectivity index (χ4v) is 9.55. The minimum Gasteiger partial charge on any atom is -0.235 e. The maximum atomic E-state index is 4.88. The van der Waals surface area contributed by atoms with Crippen LogP contribution in [0.15, 0.2) is 170 Å². The molecule has 2 nitrogen and oxygen atoms in total. The molecule has 0 unspecified atom stereocenters. The minimum atomic E-state index is 0.973. The van der Waals surface area contributed by atoms with Crippen LogP contribution >= 0.6 is 22.7 Å². The highest BCUT2D eigenvalue weighted by atomic mass is 32.1. The van der Waals surface area contributed by atoms with Gasteiger partial charge >= 0.3 is 0 Å². The van der Waals surface area contributed by atoms with E-state index in [0.29, 0.717) is 0 Å². The third kappa shape index (κ3) is 4.92. The van der Waals surface area contributed by atoms with E-state index in [2.05, 4.69) is 164 Å². The first-order chi connectivity index (χ1) is 24.8. The predicted molar refractivity (Wildman–Crippen MR) is 215 cm³/mol. The van der Waals surface area contributed by atoms with E-state index in [1.165, 1.54) is 69.4 Å². The Kier molecular flexibility index (Phi) is 6.90. The van der Waals surface area contributed by atoms with Crippen molar-refractivity contribution in [2.24, 2.45) is 0 Å². The number of rotatable bonds is 5. The molecule has 0 aliphatic carbocycles. The highest BCUT2D eigenvalue weighted by Crippen LogP contribution is 2.43. The van der Waals surface area contributed by atoms with Crippen LogP contribution in [0.1, 0.15) is 0 Å². The van der Waals surface area contributed by atoms with Gasteiger partial charge in [-0.05, 0) is 87.0 Å². The van der Waals surface area contributed by atoms with Crippen molar-refractivity contribution in [3.05, 3.63) is 170 Å². The molecule has 0 spiro atoms. The fraction of sp³-hybridized carbons (Fsp3) is 0. The predicted octanol–water partition coefficient (Wildman–Crippen LogP) is 13.5. The number of nitrogens with zero attached hydrogens (tertiary/aromatic N) is 2. The number of aromatic nitrogens is 2. The number of hydrogen-bond donors (Lipinski definition) is 0. The summed E-state index contributed by atoms with van der Waals surface area (Å²) in [6.07, 6.45) is 1.72. The molecule has 0 amide bonds. The molecule has 10 rings (SSSR count). The lowest BCUT2D eigenvalue weighted by molar-refractivity contribution is 1.24. The van der Waals surface area contributed by atoms with E-state index in [4.69, 9.17) is 9.97 Å². The first kappa shape index (κ1) is 29.0. The monoisotopic (exact) mass is 672 g/mol. The zero-order valence-electron chi connectivity index (χ0n) is 26.9. The summed E-state index contributed by atoms with van der Waals surface area (Å²) in [5.41, 5.74) is 12.7.